The molecular weight excluding hydrogens is 875 g/mol. The quantitative estimate of drug-likeness (QED) is 0.0244. The fraction of sp³-hybridized carbons (Fsp3) is 0.815. The van der Waals surface area contributed by atoms with Crippen molar-refractivity contribution in [3.8, 4) is 0 Å². The number of amides is 1. The number of esters is 1. The highest BCUT2D eigenvalue weighted by Crippen LogP contribution is 2.16. The van der Waals surface area contributed by atoms with Gasteiger partial charge in [-0.15, -0.1) is 0 Å². The zero-order chi connectivity index (χ0) is 51.4. The third-order valence-electron chi connectivity index (χ3n) is 14.0. The molecule has 6 nitrogen and oxygen atoms in total. The van der Waals surface area contributed by atoms with Crippen LogP contribution in [0.4, 0.5) is 0 Å². The van der Waals surface area contributed by atoms with Gasteiger partial charge in [0, 0.05) is 12.8 Å². The SMILES string of the molecule is CCCCC/C=C\C/C=C\CCCCCCCCCC(=O)OCCCCC/C=C\C=C/CCCCCCCCCCCCC(=O)NC(CO)C(O)/C=C/CCCCCCCCCCCCCCCCCC. The van der Waals surface area contributed by atoms with Crippen molar-refractivity contribution in [2.75, 3.05) is 13.2 Å². The van der Waals surface area contributed by atoms with Crippen LogP contribution in [0.3, 0.4) is 0 Å². The summed E-state index contributed by atoms with van der Waals surface area (Å²) in [6.07, 6.45) is 78.2. The van der Waals surface area contributed by atoms with Gasteiger partial charge in [-0.1, -0.05) is 267 Å². The van der Waals surface area contributed by atoms with Crippen molar-refractivity contribution in [1.29, 1.82) is 0 Å². The van der Waals surface area contributed by atoms with Crippen LogP contribution in [0, 0.1) is 0 Å². The molecule has 6 heteroatoms. The number of ether oxygens (including phenoxy) is 1. The summed E-state index contributed by atoms with van der Waals surface area (Å²) in [4.78, 5) is 24.5. The predicted octanol–water partition coefficient (Wildman–Crippen LogP) is 19.5. The minimum absolute atomic E-state index is 0.0223. The van der Waals surface area contributed by atoms with Crippen LogP contribution in [0.15, 0.2) is 60.8 Å². The Kier molecular flexibility index (Phi) is 58.1. The van der Waals surface area contributed by atoms with Crippen molar-refractivity contribution >= 4 is 11.9 Å². The van der Waals surface area contributed by atoms with Gasteiger partial charge in [0.25, 0.3) is 0 Å². The van der Waals surface area contributed by atoms with Crippen LogP contribution < -0.4 is 5.32 Å². The smallest absolute Gasteiger partial charge is 0.305 e. The maximum Gasteiger partial charge on any atom is 0.305 e. The molecule has 2 unspecified atom stereocenters. The Morgan fingerprint density at radius 2 is 0.746 bits per heavy atom. The highest BCUT2D eigenvalue weighted by molar-refractivity contribution is 5.76. The van der Waals surface area contributed by atoms with E-state index in [-0.39, 0.29) is 18.5 Å². The van der Waals surface area contributed by atoms with Crippen LogP contribution in [0.25, 0.3) is 0 Å². The first-order valence-electron chi connectivity index (χ1n) is 31.1. The maximum atomic E-state index is 12.5. The van der Waals surface area contributed by atoms with Crippen molar-refractivity contribution in [3.63, 3.8) is 0 Å². The van der Waals surface area contributed by atoms with Gasteiger partial charge in [0.2, 0.25) is 5.91 Å². The summed E-state index contributed by atoms with van der Waals surface area (Å²) in [7, 11) is 0. The number of hydrogen-bond acceptors (Lipinski definition) is 5. The van der Waals surface area contributed by atoms with E-state index in [1.54, 1.807) is 6.08 Å². The van der Waals surface area contributed by atoms with Crippen molar-refractivity contribution in [2.45, 2.75) is 328 Å². The molecule has 0 spiro atoms. The van der Waals surface area contributed by atoms with E-state index in [1.165, 1.54) is 205 Å². The number of aliphatic hydroxyl groups excluding tert-OH is 2. The van der Waals surface area contributed by atoms with E-state index >= 15 is 0 Å². The van der Waals surface area contributed by atoms with Crippen LogP contribution in [-0.2, 0) is 14.3 Å². The lowest BCUT2D eigenvalue weighted by Crippen LogP contribution is -2.45. The molecule has 0 bridgehead atoms. The molecule has 0 saturated carbocycles. The predicted molar refractivity (Wildman–Crippen MR) is 310 cm³/mol. The Hall–Kier alpha value is -2.44. The summed E-state index contributed by atoms with van der Waals surface area (Å²) in [5.74, 6) is -0.0996. The van der Waals surface area contributed by atoms with Crippen LogP contribution in [0.2, 0.25) is 0 Å². The highest BCUT2D eigenvalue weighted by atomic mass is 16.5. The zero-order valence-corrected chi connectivity index (χ0v) is 47.2. The zero-order valence-electron chi connectivity index (χ0n) is 47.2. The van der Waals surface area contributed by atoms with E-state index in [0.29, 0.717) is 19.4 Å². The van der Waals surface area contributed by atoms with Crippen LogP contribution in [0.5, 0.6) is 0 Å². The molecule has 0 aliphatic heterocycles. The lowest BCUT2D eigenvalue weighted by atomic mass is 10.0. The number of unbranched alkanes of at least 4 members (excludes halogenated alkanes) is 39. The maximum absolute atomic E-state index is 12.5. The fourth-order valence-electron chi connectivity index (χ4n) is 9.24. The molecule has 0 rings (SSSR count). The number of nitrogens with one attached hydrogen (secondary N) is 1. The minimum Gasteiger partial charge on any atom is -0.466 e. The highest BCUT2D eigenvalue weighted by Gasteiger charge is 2.18. The molecule has 414 valence electrons. The molecule has 3 N–H and O–H groups in total. The number of aliphatic hydroxyl groups is 2. The van der Waals surface area contributed by atoms with Gasteiger partial charge in [-0.3, -0.25) is 9.59 Å². The summed E-state index contributed by atoms with van der Waals surface area (Å²) >= 11 is 0. The number of carbonyl (C=O) groups excluding carboxylic acids is 2. The molecule has 0 aliphatic carbocycles. The Morgan fingerprint density at radius 1 is 0.408 bits per heavy atom. The number of rotatable bonds is 57. The summed E-state index contributed by atoms with van der Waals surface area (Å²) in [6, 6.07) is -0.638. The van der Waals surface area contributed by atoms with E-state index < -0.39 is 12.1 Å². The van der Waals surface area contributed by atoms with Crippen molar-refractivity contribution in [1.82, 2.24) is 5.32 Å². The van der Waals surface area contributed by atoms with Crippen molar-refractivity contribution in [2.24, 2.45) is 0 Å². The van der Waals surface area contributed by atoms with Gasteiger partial charge < -0.3 is 20.3 Å². The topological polar surface area (TPSA) is 95.9 Å². The lowest BCUT2D eigenvalue weighted by molar-refractivity contribution is -0.143. The third-order valence-corrected chi connectivity index (χ3v) is 14.0. The number of carbonyl (C=O) groups is 2. The van der Waals surface area contributed by atoms with E-state index in [0.717, 1.165) is 83.5 Å². The van der Waals surface area contributed by atoms with Gasteiger partial charge in [0.15, 0.2) is 0 Å². The molecule has 0 aliphatic rings. The van der Waals surface area contributed by atoms with Crippen LogP contribution >= 0.6 is 0 Å². The molecule has 0 aromatic heterocycles. The Bertz CT molecular complexity index is 1240. The third kappa shape index (κ3) is 56.7. The average Bonchev–Trinajstić information content (AvgIpc) is 3.37. The summed E-state index contributed by atoms with van der Waals surface area (Å²) < 4.78 is 5.46. The summed E-state index contributed by atoms with van der Waals surface area (Å²) in [5.41, 5.74) is 0. The molecule has 2 atom stereocenters. The van der Waals surface area contributed by atoms with E-state index in [4.69, 9.17) is 4.74 Å². The lowest BCUT2D eigenvalue weighted by Gasteiger charge is -2.20. The molecule has 0 radical (unpaired) electrons. The monoisotopic (exact) mass is 994 g/mol. The second-order valence-electron chi connectivity index (χ2n) is 21.1. The molecule has 0 fully saturated rings. The van der Waals surface area contributed by atoms with Gasteiger partial charge >= 0.3 is 5.97 Å². The molecule has 71 heavy (non-hydrogen) atoms. The fourth-order valence-corrected chi connectivity index (χ4v) is 9.24. The van der Waals surface area contributed by atoms with E-state index in [1.807, 2.05) is 6.08 Å². The van der Waals surface area contributed by atoms with Gasteiger partial charge in [0.05, 0.1) is 25.4 Å². The molecule has 0 aromatic carbocycles. The molecule has 0 aromatic rings. The molecule has 0 heterocycles. The average molecular weight is 995 g/mol. The first kappa shape index (κ1) is 68.6. The van der Waals surface area contributed by atoms with E-state index in [2.05, 4.69) is 67.8 Å². The summed E-state index contributed by atoms with van der Waals surface area (Å²) in [5, 5.41) is 23.2. The second-order valence-corrected chi connectivity index (χ2v) is 21.1. The Balaban J connectivity index is 3.51. The van der Waals surface area contributed by atoms with Gasteiger partial charge in [-0.25, -0.2) is 0 Å². The molecule has 1 amide bonds. The molecule has 0 saturated heterocycles. The normalized spacial score (nSPS) is 13.0. The minimum atomic E-state index is -0.853. The number of allylic oxidation sites excluding steroid dienone is 9. The Labute approximate surface area is 441 Å². The van der Waals surface area contributed by atoms with E-state index in [9.17, 15) is 19.8 Å². The second kappa shape index (κ2) is 60.1. The van der Waals surface area contributed by atoms with Gasteiger partial charge in [-0.2, -0.15) is 0 Å². The van der Waals surface area contributed by atoms with Gasteiger partial charge in [0.1, 0.15) is 0 Å². The van der Waals surface area contributed by atoms with Crippen LogP contribution in [-0.4, -0.2) is 47.4 Å². The van der Waals surface area contributed by atoms with Crippen molar-refractivity contribution < 1.29 is 24.5 Å². The van der Waals surface area contributed by atoms with Crippen molar-refractivity contribution in [3.05, 3.63) is 60.8 Å². The van der Waals surface area contributed by atoms with Crippen LogP contribution in [0.1, 0.15) is 316 Å². The number of hydrogen-bond donors (Lipinski definition) is 3. The summed E-state index contributed by atoms with van der Waals surface area (Å²) in [6.45, 7) is 4.84. The largest absolute Gasteiger partial charge is 0.466 e. The van der Waals surface area contributed by atoms with Gasteiger partial charge in [-0.05, 0) is 96.3 Å². The standard InChI is InChI=1S/C65H119NO5/c1-3-5-7-9-11-13-15-17-19-21-26-29-33-37-41-45-49-53-57-63(68)62(61-67)66-64(69)58-54-50-46-42-38-34-30-27-23-22-24-28-32-36-40-44-48-52-56-60-71-65(70)59-55-51-47-43-39-35-31-25-20-18-16-14-12-10-8-6-4-2/h12,14,18,20,28,32,36,40,53,57,62-63,67-68H,3-11,13,15-17,19,21-27,29-31,33-35,37-39,41-52,54-56,58-61H2,1-2H3,(H,66,69)/b14-12-,20-18-,32-28-,40-36-,57-53+. The Morgan fingerprint density at radius 3 is 1.18 bits per heavy atom. The molecular formula is C65H119NO5. The first-order chi connectivity index (χ1) is 35.0. The first-order valence-corrected chi connectivity index (χ1v) is 31.1.